The second-order valence-electron chi connectivity index (χ2n) is 9.18. The highest BCUT2D eigenvalue weighted by Gasteiger charge is 2.42. The third kappa shape index (κ3) is 5.28. The Kier molecular flexibility index (Phi) is 7.28. The van der Waals surface area contributed by atoms with E-state index in [2.05, 4.69) is 10.0 Å². The van der Waals surface area contributed by atoms with Crippen LogP contribution in [-0.2, 0) is 14.8 Å². The summed E-state index contributed by atoms with van der Waals surface area (Å²) in [6.07, 6.45) is 7.89. The van der Waals surface area contributed by atoms with E-state index in [0.717, 1.165) is 12.3 Å². The second kappa shape index (κ2) is 10.2. The van der Waals surface area contributed by atoms with Gasteiger partial charge in [-0.1, -0.05) is 18.6 Å². The van der Waals surface area contributed by atoms with Crippen molar-refractivity contribution in [2.45, 2.75) is 43.5 Å². The number of fused-ring (bicyclic) bond motifs is 2. The predicted octanol–water partition coefficient (Wildman–Crippen LogP) is 4.46. The van der Waals surface area contributed by atoms with E-state index in [1.54, 1.807) is 31.4 Å². The molecule has 0 aromatic heterocycles. The number of anilines is 1. The summed E-state index contributed by atoms with van der Waals surface area (Å²) in [6.45, 7) is 1.97. The van der Waals surface area contributed by atoms with Gasteiger partial charge in [0.15, 0.2) is 11.5 Å². The molecule has 0 saturated heterocycles. The quantitative estimate of drug-likeness (QED) is 0.513. The van der Waals surface area contributed by atoms with Crippen LogP contribution in [0.4, 0.5) is 5.69 Å². The van der Waals surface area contributed by atoms with Gasteiger partial charge in [-0.05, 0) is 80.3 Å². The van der Waals surface area contributed by atoms with Crippen LogP contribution in [0, 0.1) is 17.8 Å². The van der Waals surface area contributed by atoms with E-state index in [9.17, 15) is 13.2 Å². The van der Waals surface area contributed by atoms with Crippen LogP contribution >= 0.6 is 0 Å². The lowest BCUT2D eigenvalue weighted by Gasteiger charge is -2.28. The summed E-state index contributed by atoms with van der Waals surface area (Å²) in [5, 5.41) is 2.75. The Balaban J connectivity index is 1.37. The molecule has 4 unspecified atom stereocenters. The van der Waals surface area contributed by atoms with Gasteiger partial charge in [-0.2, -0.15) is 0 Å². The normalized spacial score (nSPS) is 22.6. The fourth-order valence-corrected chi connectivity index (χ4v) is 6.71. The Bertz CT molecular complexity index is 1160. The van der Waals surface area contributed by atoms with Crippen molar-refractivity contribution in [3.05, 3.63) is 54.1 Å². The summed E-state index contributed by atoms with van der Waals surface area (Å²) in [4.78, 5) is 12.6. The largest absolute Gasteiger partial charge is 0.493 e. The molecule has 4 atom stereocenters. The summed E-state index contributed by atoms with van der Waals surface area (Å²) in [6, 6.07) is 11.5. The van der Waals surface area contributed by atoms with Crippen molar-refractivity contribution in [3.8, 4) is 11.5 Å². The van der Waals surface area contributed by atoms with Crippen molar-refractivity contribution in [1.29, 1.82) is 0 Å². The van der Waals surface area contributed by atoms with Crippen LogP contribution in [0.2, 0.25) is 0 Å². The van der Waals surface area contributed by atoms with Gasteiger partial charge in [0, 0.05) is 23.4 Å². The smallest absolute Gasteiger partial charge is 0.248 e. The maximum absolute atomic E-state index is 12.9. The Hall–Kier alpha value is -2.84. The minimum atomic E-state index is -3.62. The number of para-hydroxylation sites is 1. The first-order valence-corrected chi connectivity index (χ1v) is 13.1. The Morgan fingerprint density at radius 3 is 2.44 bits per heavy atom. The molecule has 0 heterocycles. The lowest BCUT2D eigenvalue weighted by molar-refractivity contribution is -0.111. The van der Waals surface area contributed by atoms with Crippen molar-refractivity contribution < 1.29 is 22.7 Å². The first kappa shape index (κ1) is 24.3. The first-order chi connectivity index (χ1) is 16.3. The minimum absolute atomic E-state index is 0.0848. The summed E-state index contributed by atoms with van der Waals surface area (Å²) >= 11 is 0. The van der Waals surface area contributed by atoms with E-state index in [4.69, 9.17) is 9.47 Å². The molecule has 2 aromatic carbocycles. The van der Waals surface area contributed by atoms with Gasteiger partial charge < -0.3 is 14.8 Å². The molecule has 2 N–H and O–H groups in total. The number of carbonyl (C=O) groups is 1. The van der Waals surface area contributed by atoms with Crippen molar-refractivity contribution in [2.75, 3.05) is 19.5 Å². The van der Waals surface area contributed by atoms with Crippen LogP contribution in [0.5, 0.6) is 11.5 Å². The molecule has 4 rings (SSSR count). The van der Waals surface area contributed by atoms with E-state index in [1.807, 2.05) is 19.1 Å². The number of benzene rings is 2. The Morgan fingerprint density at radius 1 is 1.06 bits per heavy atom. The third-order valence-electron chi connectivity index (χ3n) is 7.06. The van der Waals surface area contributed by atoms with E-state index >= 15 is 0 Å². The summed E-state index contributed by atoms with van der Waals surface area (Å²) in [7, 11) is -0.530. The van der Waals surface area contributed by atoms with Crippen LogP contribution in [-0.4, -0.2) is 34.6 Å². The molecule has 8 heteroatoms. The summed E-state index contributed by atoms with van der Waals surface area (Å²) < 4.78 is 39.3. The molecule has 2 bridgehead atoms. The van der Waals surface area contributed by atoms with Crippen LogP contribution in [0.15, 0.2) is 53.4 Å². The molecule has 0 aliphatic heterocycles. The molecule has 2 aromatic rings. The van der Waals surface area contributed by atoms with Gasteiger partial charge in [-0.3, -0.25) is 4.79 Å². The van der Waals surface area contributed by atoms with Crippen molar-refractivity contribution in [2.24, 2.45) is 17.8 Å². The van der Waals surface area contributed by atoms with E-state index < -0.39 is 10.0 Å². The number of rotatable bonds is 9. The van der Waals surface area contributed by atoms with Gasteiger partial charge in [0.25, 0.3) is 0 Å². The van der Waals surface area contributed by atoms with E-state index in [1.165, 1.54) is 44.6 Å². The molecule has 34 heavy (non-hydrogen) atoms. The van der Waals surface area contributed by atoms with Crippen LogP contribution in [0.3, 0.4) is 0 Å². The molecule has 1 amide bonds. The zero-order valence-electron chi connectivity index (χ0n) is 19.8. The molecule has 2 aliphatic rings. The van der Waals surface area contributed by atoms with Gasteiger partial charge >= 0.3 is 0 Å². The highest BCUT2D eigenvalue weighted by molar-refractivity contribution is 7.89. The van der Waals surface area contributed by atoms with Gasteiger partial charge in [-0.25, -0.2) is 13.1 Å². The molecule has 0 spiro atoms. The maximum Gasteiger partial charge on any atom is 0.248 e. The number of amides is 1. The number of hydrogen-bond acceptors (Lipinski definition) is 5. The molecular weight excluding hydrogens is 452 g/mol. The van der Waals surface area contributed by atoms with Crippen molar-refractivity contribution in [3.63, 3.8) is 0 Å². The van der Waals surface area contributed by atoms with E-state index in [0.29, 0.717) is 34.6 Å². The third-order valence-corrected chi connectivity index (χ3v) is 8.63. The van der Waals surface area contributed by atoms with Crippen LogP contribution < -0.4 is 19.5 Å². The highest BCUT2D eigenvalue weighted by atomic mass is 32.2. The lowest BCUT2D eigenvalue weighted by atomic mass is 9.84. The van der Waals surface area contributed by atoms with Gasteiger partial charge in [0.1, 0.15) is 0 Å². The minimum Gasteiger partial charge on any atom is -0.493 e. The number of carbonyl (C=O) groups excluding carboxylic acids is 1. The number of sulfonamides is 1. The standard InChI is InChI=1S/C26H32N2O5S/c1-17(23-16-18-7-8-20(23)15-18)28-34(30,31)22-12-10-21(11-13-22)27-25(29)14-9-19-5-4-6-24(32-2)26(19)33-3/h4-6,9-14,17-18,20,23,28H,7-8,15-16H2,1-3H3,(H,27,29). The van der Waals surface area contributed by atoms with Crippen LogP contribution in [0.1, 0.15) is 38.2 Å². The van der Waals surface area contributed by atoms with Crippen molar-refractivity contribution >= 4 is 27.7 Å². The zero-order valence-corrected chi connectivity index (χ0v) is 20.6. The predicted molar refractivity (Wildman–Crippen MR) is 132 cm³/mol. The monoisotopic (exact) mass is 484 g/mol. The molecule has 0 radical (unpaired) electrons. The van der Waals surface area contributed by atoms with Gasteiger partial charge in [0.2, 0.25) is 15.9 Å². The lowest BCUT2D eigenvalue weighted by Crippen LogP contribution is -2.40. The second-order valence-corrected chi connectivity index (χ2v) is 10.9. The molecule has 182 valence electrons. The number of ether oxygens (including phenoxy) is 2. The summed E-state index contributed by atoms with van der Waals surface area (Å²) in [5.41, 5.74) is 1.21. The average molecular weight is 485 g/mol. The Labute approximate surface area is 201 Å². The van der Waals surface area contributed by atoms with E-state index in [-0.39, 0.29) is 16.8 Å². The first-order valence-electron chi connectivity index (χ1n) is 11.6. The Morgan fingerprint density at radius 2 is 1.82 bits per heavy atom. The molecule has 2 aliphatic carbocycles. The molecular formula is C26H32N2O5S. The van der Waals surface area contributed by atoms with Crippen LogP contribution in [0.25, 0.3) is 6.08 Å². The maximum atomic E-state index is 12.9. The zero-order chi connectivity index (χ0) is 24.3. The average Bonchev–Trinajstić information content (AvgIpc) is 3.46. The number of methoxy groups -OCH3 is 2. The molecule has 2 saturated carbocycles. The molecule has 2 fully saturated rings. The number of hydrogen-bond donors (Lipinski definition) is 2. The van der Waals surface area contributed by atoms with Gasteiger partial charge in [0.05, 0.1) is 19.1 Å². The SMILES string of the molecule is COc1cccc(C=CC(=O)Nc2ccc(S(=O)(=O)NC(C)C3CC4CCC3C4)cc2)c1OC. The fraction of sp³-hybridized carbons (Fsp3) is 0.423. The number of nitrogens with one attached hydrogen (secondary N) is 2. The van der Waals surface area contributed by atoms with Gasteiger partial charge in [-0.15, -0.1) is 0 Å². The van der Waals surface area contributed by atoms with Crippen molar-refractivity contribution in [1.82, 2.24) is 4.72 Å². The fourth-order valence-electron chi connectivity index (χ4n) is 5.42. The summed E-state index contributed by atoms with van der Waals surface area (Å²) in [5.74, 6) is 2.60. The molecule has 7 nitrogen and oxygen atoms in total. The highest BCUT2D eigenvalue weighted by Crippen LogP contribution is 2.49. The topological polar surface area (TPSA) is 93.7 Å².